The first kappa shape index (κ1) is 8.68. The van der Waals surface area contributed by atoms with Crippen LogP contribution in [0.25, 0.3) is 0 Å². The monoisotopic (exact) mass is 327 g/mol. The van der Waals surface area contributed by atoms with Crippen molar-refractivity contribution < 1.29 is 0 Å². The van der Waals surface area contributed by atoms with Crippen molar-refractivity contribution in [1.82, 2.24) is 4.98 Å². The Kier molecular flexibility index (Phi) is 3.33. The van der Waals surface area contributed by atoms with Gasteiger partial charge in [0.05, 0.1) is 0 Å². The topological polar surface area (TPSA) is 12.9 Å². The molecule has 1 nitrogen and oxygen atoms in total. The van der Waals surface area contributed by atoms with E-state index in [4.69, 9.17) is 0 Å². The molecular weight excluding hydrogens is 326 g/mol. The summed E-state index contributed by atoms with van der Waals surface area (Å²) in [6, 6.07) is 1.92. The molecule has 0 spiro atoms. The zero-order valence-electron chi connectivity index (χ0n) is 4.94. The SMILES string of the molecule is BrCc1c(Br)ccnc1Br. The highest BCUT2D eigenvalue weighted by Crippen LogP contribution is 2.24. The van der Waals surface area contributed by atoms with Crippen LogP contribution in [0, 0.1) is 0 Å². The van der Waals surface area contributed by atoms with Gasteiger partial charge in [-0.25, -0.2) is 4.98 Å². The lowest BCUT2D eigenvalue weighted by Gasteiger charge is -1.99. The van der Waals surface area contributed by atoms with Crippen LogP contribution in [-0.2, 0) is 5.33 Å². The summed E-state index contributed by atoms with van der Waals surface area (Å²) >= 11 is 10.1. The van der Waals surface area contributed by atoms with Crippen LogP contribution in [0.4, 0.5) is 0 Å². The highest BCUT2D eigenvalue weighted by molar-refractivity contribution is 9.11. The smallest absolute Gasteiger partial charge is 0.111 e. The predicted octanol–water partition coefficient (Wildman–Crippen LogP) is 3.50. The van der Waals surface area contributed by atoms with E-state index in [9.17, 15) is 0 Å². The third kappa shape index (κ3) is 1.80. The van der Waals surface area contributed by atoms with E-state index >= 15 is 0 Å². The summed E-state index contributed by atoms with van der Waals surface area (Å²) in [5.74, 6) is 0. The normalized spacial score (nSPS) is 9.90. The molecule has 0 saturated heterocycles. The first-order chi connectivity index (χ1) is 4.75. The van der Waals surface area contributed by atoms with Gasteiger partial charge in [-0.05, 0) is 22.0 Å². The quantitative estimate of drug-likeness (QED) is 0.567. The van der Waals surface area contributed by atoms with Gasteiger partial charge in [0, 0.05) is 21.6 Å². The fourth-order valence-corrected chi connectivity index (χ4v) is 3.07. The maximum atomic E-state index is 4.07. The molecule has 54 valence electrons. The fourth-order valence-electron chi connectivity index (χ4n) is 0.564. The Labute approximate surface area is 84.6 Å². The average molecular weight is 330 g/mol. The van der Waals surface area contributed by atoms with Crippen LogP contribution >= 0.6 is 47.8 Å². The number of pyridine rings is 1. The maximum Gasteiger partial charge on any atom is 0.111 e. The van der Waals surface area contributed by atoms with Crippen molar-refractivity contribution in [3.05, 3.63) is 26.9 Å². The number of hydrogen-bond donors (Lipinski definition) is 0. The molecule has 4 heteroatoms. The number of nitrogens with zero attached hydrogens (tertiary/aromatic N) is 1. The van der Waals surface area contributed by atoms with Crippen molar-refractivity contribution in [3.8, 4) is 0 Å². The Balaban J connectivity index is 3.17. The molecule has 10 heavy (non-hydrogen) atoms. The molecule has 1 aromatic heterocycles. The number of hydrogen-bond acceptors (Lipinski definition) is 1. The molecule has 0 aliphatic heterocycles. The van der Waals surface area contributed by atoms with E-state index in [0.29, 0.717) is 0 Å². The van der Waals surface area contributed by atoms with Crippen molar-refractivity contribution in [3.63, 3.8) is 0 Å². The summed E-state index contributed by atoms with van der Waals surface area (Å²) in [5.41, 5.74) is 1.14. The van der Waals surface area contributed by atoms with E-state index in [0.717, 1.165) is 20.0 Å². The van der Waals surface area contributed by atoms with Crippen LogP contribution < -0.4 is 0 Å². The Hall–Kier alpha value is 0.590. The van der Waals surface area contributed by atoms with Crippen LogP contribution in [0.5, 0.6) is 0 Å². The number of aromatic nitrogens is 1. The van der Waals surface area contributed by atoms with Crippen molar-refractivity contribution in [1.29, 1.82) is 0 Å². The van der Waals surface area contributed by atoms with Gasteiger partial charge in [0.2, 0.25) is 0 Å². The molecule has 0 unspecified atom stereocenters. The molecule has 0 bridgehead atoms. The molecule has 1 heterocycles. The van der Waals surface area contributed by atoms with Crippen LogP contribution in [0.2, 0.25) is 0 Å². The fraction of sp³-hybridized carbons (Fsp3) is 0.167. The number of halogens is 3. The summed E-state index contributed by atoms with van der Waals surface area (Å²) < 4.78 is 1.96. The summed E-state index contributed by atoms with van der Waals surface area (Å²) in [4.78, 5) is 4.07. The first-order valence-corrected chi connectivity index (χ1v) is 5.31. The van der Waals surface area contributed by atoms with Crippen molar-refractivity contribution in [2.45, 2.75) is 5.33 Å². The van der Waals surface area contributed by atoms with Gasteiger partial charge in [-0.15, -0.1) is 0 Å². The predicted molar refractivity (Wildman–Crippen MR) is 52.3 cm³/mol. The Morgan fingerprint density at radius 1 is 1.40 bits per heavy atom. The van der Waals surface area contributed by atoms with Crippen LogP contribution in [0.15, 0.2) is 21.3 Å². The molecule has 1 aromatic rings. The molecule has 0 saturated carbocycles. The highest BCUT2D eigenvalue weighted by atomic mass is 79.9. The van der Waals surface area contributed by atoms with E-state index in [1.54, 1.807) is 6.20 Å². The van der Waals surface area contributed by atoms with Gasteiger partial charge in [-0.2, -0.15) is 0 Å². The summed E-state index contributed by atoms with van der Waals surface area (Å²) in [5, 5.41) is 0.808. The largest absolute Gasteiger partial charge is 0.249 e. The second-order valence-corrected chi connectivity index (χ2v) is 3.86. The zero-order chi connectivity index (χ0) is 7.56. The van der Waals surface area contributed by atoms with Crippen molar-refractivity contribution in [2.75, 3.05) is 0 Å². The molecule has 1 rings (SSSR count). The molecule has 0 aliphatic carbocycles. The zero-order valence-corrected chi connectivity index (χ0v) is 9.70. The lowest BCUT2D eigenvalue weighted by Crippen LogP contribution is -1.85. The van der Waals surface area contributed by atoms with Crippen LogP contribution in [0.1, 0.15) is 5.56 Å². The van der Waals surface area contributed by atoms with E-state index in [1.165, 1.54) is 0 Å². The van der Waals surface area contributed by atoms with E-state index in [1.807, 2.05) is 6.07 Å². The summed E-state index contributed by atoms with van der Waals surface area (Å²) in [7, 11) is 0. The van der Waals surface area contributed by atoms with Gasteiger partial charge >= 0.3 is 0 Å². The molecule has 0 N–H and O–H groups in total. The minimum absolute atomic E-state index is 0.808. The lowest BCUT2D eigenvalue weighted by molar-refractivity contribution is 1.19. The van der Waals surface area contributed by atoms with E-state index < -0.39 is 0 Å². The Morgan fingerprint density at radius 2 is 2.10 bits per heavy atom. The average Bonchev–Trinajstić information content (AvgIpc) is 1.88. The lowest BCUT2D eigenvalue weighted by atomic mass is 10.3. The maximum absolute atomic E-state index is 4.07. The summed E-state index contributed by atoms with van der Waals surface area (Å²) in [6.07, 6.45) is 1.75. The molecule has 0 fully saturated rings. The van der Waals surface area contributed by atoms with Gasteiger partial charge in [-0.3, -0.25) is 0 Å². The molecular formula is C6H4Br3N. The molecule has 0 aliphatic rings. The third-order valence-electron chi connectivity index (χ3n) is 1.08. The molecule has 0 radical (unpaired) electrons. The van der Waals surface area contributed by atoms with Gasteiger partial charge in [0.1, 0.15) is 4.60 Å². The van der Waals surface area contributed by atoms with Gasteiger partial charge in [-0.1, -0.05) is 31.9 Å². The van der Waals surface area contributed by atoms with E-state index in [-0.39, 0.29) is 0 Å². The standard InChI is InChI=1S/C6H4Br3N/c7-3-4-5(8)1-2-10-6(4)9/h1-2H,3H2. The van der Waals surface area contributed by atoms with Gasteiger partial charge in [0.15, 0.2) is 0 Å². The molecule has 0 aromatic carbocycles. The minimum Gasteiger partial charge on any atom is -0.249 e. The second-order valence-electron chi connectivity index (χ2n) is 1.70. The third-order valence-corrected chi connectivity index (χ3v) is 3.07. The highest BCUT2D eigenvalue weighted by Gasteiger charge is 2.02. The molecule has 0 atom stereocenters. The van der Waals surface area contributed by atoms with Gasteiger partial charge in [0.25, 0.3) is 0 Å². The Morgan fingerprint density at radius 3 is 2.50 bits per heavy atom. The van der Waals surface area contributed by atoms with Crippen molar-refractivity contribution >= 4 is 47.8 Å². The molecule has 0 amide bonds. The second kappa shape index (κ2) is 3.83. The number of alkyl halides is 1. The number of rotatable bonds is 1. The van der Waals surface area contributed by atoms with Gasteiger partial charge < -0.3 is 0 Å². The van der Waals surface area contributed by atoms with Crippen LogP contribution in [-0.4, -0.2) is 4.98 Å². The minimum atomic E-state index is 0.808. The first-order valence-electron chi connectivity index (χ1n) is 2.60. The summed E-state index contributed by atoms with van der Waals surface area (Å²) in [6.45, 7) is 0. The van der Waals surface area contributed by atoms with E-state index in [2.05, 4.69) is 52.8 Å². The Bertz CT molecular complexity index is 216. The van der Waals surface area contributed by atoms with Crippen LogP contribution in [0.3, 0.4) is 0 Å². The van der Waals surface area contributed by atoms with Crippen molar-refractivity contribution in [2.24, 2.45) is 0 Å².